The van der Waals surface area contributed by atoms with Crippen LogP contribution in [0.4, 0.5) is 5.69 Å². The molecule has 126 valence electrons. The van der Waals surface area contributed by atoms with Crippen molar-refractivity contribution in [2.75, 3.05) is 6.61 Å². The highest BCUT2D eigenvalue weighted by Crippen LogP contribution is 2.20. The highest BCUT2D eigenvalue weighted by Gasteiger charge is 2.10. The number of benzene rings is 1. The summed E-state index contributed by atoms with van der Waals surface area (Å²) in [5, 5.41) is 2.19. The van der Waals surface area contributed by atoms with Crippen LogP contribution in [0.3, 0.4) is 0 Å². The maximum atomic E-state index is 5.49. The largest absolute Gasteiger partial charge is 0.494 e. The predicted octanol–water partition coefficient (Wildman–Crippen LogP) is 5.49. The first kappa shape index (κ1) is 17.8. The molecular formula is C19H28N2OS. The highest BCUT2D eigenvalue weighted by atomic mass is 32.1. The van der Waals surface area contributed by atoms with Crippen molar-refractivity contribution in [3.05, 3.63) is 40.1 Å². The minimum absolute atomic E-state index is 0.477. The van der Waals surface area contributed by atoms with Crippen LogP contribution in [-0.2, 0) is 0 Å². The van der Waals surface area contributed by atoms with Gasteiger partial charge >= 0.3 is 0 Å². The Kier molecular flexibility index (Phi) is 6.46. The smallest absolute Gasteiger partial charge is 0.190 e. The molecular weight excluding hydrogens is 304 g/mol. The Labute approximate surface area is 143 Å². The van der Waals surface area contributed by atoms with Gasteiger partial charge in [-0.1, -0.05) is 13.8 Å². The van der Waals surface area contributed by atoms with Gasteiger partial charge in [-0.25, -0.2) is 4.99 Å². The summed E-state index contributed by atoms with van der Waals surface area (Å²) in [6.45, 7) is 11.7. The minimum Gasteiger partial charge on any atom is -0.494 e. The van der Waals surface area contributed by atoms with Gasteiger partial charge in [-0.05, 0) is 63.8 Å². The van der Waals surface area contributed by atoms with E-state index in [-0.39, 0.29) is 0 Å². The van der Waals surface area contributed by atoms with Crippen LogP contribution in [-0.4, -0.2) is 11.2 Å². The lowest BCUT2D eigenvalue weighted by atomic mass is 10.0. The quantitative estimate of drug-likeness (QED) is 0.659. The van der Waals surface area contributed by atoms with Crippen LogP contribution < -0.4 is 9.54 Å². The summed E-state index contributed by atoms with van der Waals surface area (Å²) in [6, 6.07) is 8.47. The molecule has 0 amide bonds. The first-order chi connectivity index (χ1) is 11.0. The van der Waals surface area contributed by atoms with E-state index < -0.39 is 0 Å². The molecule has 1 heterocycles. The fourth-order valence-electron chi connectivity index (χ4n) is 2.62. The molecule has 1 aromatic carbocycles. The molecule has 0 saturated heterocycles. The lowest BCUT2D eigenvalue weighted by Crippen LogP contribution is -2.20. The van der Waals surface area contributed by atoms with Gasteiger partial charge in [0.25, 0.3) is 0 Å². The first-order valence-electron chi connectivity index (χ1n) is 8.45. The molecule has 23 heavy (non-hydrogen) atoms. The molecule has 0 saturated carbocycles. The van der Waals surface area contributed by atoms with E-state index in [1.807, 2.05) is 31.2 Å². The topological polar surface area (TPSA) is 26.5 Å². The zero-order chi connectivity index (χ0) is 16.8. The third-order valence-corrected chi connectivity index (χ3v) is 4.85. The summed E-state index contributed by atoms with van der Waals surface area (Å²) in [5.74, 6) is 1.63. The van der Waals surface area contributed by atoms with Gasteiger partial charge in [0, 0.05) is 17.1 Å². The van der Waals surface area contributed by atoms with Crippen LogP contribution in [0.25, 0.3) is 0 Å². The molecule has 0 aliphatic heterocycles. The van der Waals surface area contributed by atoms with Crippen LogP contribution >= 0.6 is 11.3 Å². The van der Waals surface area contributed by atoms with Gasteiger partial charge in [-0.15, -0.1) is 11.3 Å². The molecule has 0 aliphatic rings. The van der Waals surface area contributed by atoms with Crippen LogP contribution in [0.5, 0.6) is 5.75 Å². The van der Waals surface area contributed by atoms with Crippen molar-refractivity contribution in [2.45, 2.75) is 53.5 Å². The highest BCUT2D eigenvalue weighted by molar-refractivity contribution is 7.07. The number of hydrogen-bond acceptors (Lipinski definition) is 3. The molecule has 1 aromatic heterocycles. The Morgan fingerprint density at radius 3 is 2.43 bits per heavy atom. The van der Waals surface area contributed by atoms with Gasteiger partial charge in [-0.2, -0.15) is 0 Å². The lowest BCUT2D eigenvalue weighted by molar-refractivity contribution is 0.340. The third kappa shape index (κ3) is 4.96. The second-order valence-corrected chi connectivity index (χ2v) is 7.23. The van der Waals surface area contributed by atoms with Crippen molar-refractivity contribution in [2.24, 2.45) is 10.9 Å². The molecule has 0 bridgehead atoms. The first-order valence-corrected chi connectivity index (χ1v) is 9.33. The summed E-state index contributed by atoms with van der Waals surface area (Å²) in [6.07, 6.45) is 2.43. The van der Waals surface area contributed by atoms with Gasteiger partial charge in [0.2, 0.25) is 0 Å². The minimum atomic E-state index is 0.477. The molecule has 0 fully saturated rings. The van der Waals surface area contributed by atoms with Gasteiger partial charge < -0.3 is 9.30 Å². The van der Waals surface area contributed by atoms with Crippen LogP contribution in [0.2, 0.25) is 0 Å². The molecule has 3 nitrogen and oxygen atoms in total. The summed E-state index contributed by atoms with van der Waals surface area (Å²) in [5.41, 5.74) is 2.26. The van der Waals surface area contributed by atoms with Crippen molar-refractivity contribution < 1.29 is 4.74 Å². The number of ether oxygens (including phenoxy) is 1. The molecule has 0 spiro atoms. The molecule has 2 rings (SSSR count). The Balaban J connectivity index is 2.25. The van der Waals surface area contributed by atoms with Gasteiger partial charge in [0.05, 0.1) is 12.3 Å². The van der Waals surface area contributed by atoms with E-state index in [2.05, 4.69) is 37.6 Å². The number of hydrogen-bond donors (Lipinski definition) is 0. The number of nitrogens with zero attached hydrogens (tertiary/aromatic N) is 2. The van der Waals surface area contributed by atoms with Gasteiger partial charge in [0.15, 0.2) is 4.80 Å². The van der Waals surface area contributed by atoms with Gasteiger partial charge in [-0.3, -0.25) is 0 Å². The molecule has 4 heteroatoms. The van der Waals surface area contributed by atoms with Crippen molar-refractivity contribution in [1.82, 2.24) is 4.57 Å². The number of aryl methyl sites for hydroxylation is 1. The fourth-order valence-corrected chi connectivity index (χ4v) is 3.60. The Morgan fingerprint density at radius 2 is 1.83 bits per heavy atom. The Morgan fingerprint density at radius 1 is 1.13 bits per heavy atom. The van der Waals surface area contributed by atoms with Gasteiger partial charge in [0.1, 0.15) is 5.75 Å². The summed E-state index contributed by atoms with van der Waals surface area (Å²) < 4.78 is 7.85. The average Bonchev–Trinajstić information content (AvgIpc) is 2.88. The van der Waals surface area contributed by atoms with E-state index >= 15 is 0 Å². The van der Waals surface area contributed by atoms with Crippen molar-refractivity contribution in [1.29, 1.82) is 0 Å². The third-order valence-electron chi connectivity index (χ3n) is 3.90. The van der Waals surface area contributed by atoms with Crippen LogP contribution in [0, 0.1) is 12.8 Å². The molecule has 0 aliphatic carbocycles. The fraction of sp³-hybridized carbons (Fsp3) is 0.526. The normalized spacial score (nSPS) is 13.6. The predicted molar refractivity (Wildman–Crippen MR) is 98.7 cm³/mol. The van der Waals surface area contributed by atoms with E-state index in [0.717, 1.165) is 22.2 Å². The standard InChI is InChI=1S/C19H28N2OS/c1-6-22-18-11-9-17(10-12-18)20-19-21(16(5)13-23-19)15(4)8-7-14(2)3/h9-15H,6-8H2,1-5H3. The van der Waals surface area contributed by atoms with Crippen LogP contribution in [0.15, 0.2) is 34.6 Å². The van der Waals surface area contributed by atoms with E-state index in [1.165, 1.54) is 18.5 Å². The Bertz CT molecular complexity index is 667. The zero-order valence-corrected chi connectivity index (χ0v) is 15.7. The maximum Gasteiger partial charge on any atom is 0.190 e. The lowest BCUT2D eigenvalue weighted by Gasteiger charge is -2.17. The monoisotopic (exact) mass is 332 g/mol. The summed E-state index contributed by atoms with van der Waals surface area (Å²) >= 11 is 1.71. The Hall–Kier alpha value is -1.55. The second-order valence-electron chi connectivity index (χ2n) is 6.39. The average molecular weight is 333 g/mol. The molecule has 1 atom stereocenters. The zero-order valence-electron chi connectivity index (χ0n) is 14.9. The van der Waals surface area contributed by atoms with E-state index in [9.17, 15) is 0 Å². The van der Waals surface area contributed by atoms with E-state index in [0.29, 0.717) is 12.6 Å². The summed E-state index contributed by atoms with van der Waals surface area (Å²) in [4.78, 5) is 5.91. The van der Waals surface area contributed by atoms with Crippen LogP contribution in [0.1, 0.15) is 52.3 Å². The molecule has 1 unspecified atom stereocenters. The summed E-state index contributed by atoms with van der Waals surface area (Å²) in [7, 11) is 0. The number of rotatable bonds is 7. The SMILES string of the molecule is CCOc1ccc(N=c2scc(C)n2C(C)CCC(C)C)cc1. The van der Waals surface area contributed by atoms with Crippen molar-refractivity contribution >= 4 is 17.0 Å². The number of thiazole rings is 1. The van der Waals surface area contributed by atoms with E-state index in [4.69, 9.17) is 9.73 Å². The molecule has 2 aromatic rings. The molecule has 0 N–H and O–H groups in total. The van der Waals surface area contributed by atoms with Crippen molar-refractivity contribution in [3.8, 4) is 5.75 Å². The molecule has 0 radical (unpaired) electrons. The second kappa shape index (κ2) is 8.34. The maximum absolute atomic E-state index is 5.49. The number of aromatic nitrogens is 1. The van der Waals surface area contributed by atoms with E-state index in [1.54, 1.807) is 11.3 Å². The van der Waals surface area contributed by atoms with Crippen molar-refractivity contribution in [3.63, 3.8) is 0 Å².